The minimum Gasteiger partial charge on any atom is -0.507 e. The van der Waals surface area contributed by atoms with Gasteiger partial charge in [0.15, 0.2) is 0 Å². The fraction of sp³-hybridized carbons (Fsp3) is 0.200. The molecule has 0 aliphatic rings. The maximum atomic E-state index is 12.6. The van der Waals surface area contributed by atoms with Gasteiger partial charge >= 0.3 is 5.97 Å². The van der Waals surface area contributed by atoms with Crippen molar-refractivity contribution < 1.29 is 23.4 Å². The molecule has 1 aromatic rings. The van der Waals surface area contributed by atoms with Gasteiger partial charge in [0.05, 0.1) is 12.7 Å². The average molecular weight is 227 g/mol. The number of halogens is 2. The number of phenolic OH excluding ortho intramolecular Hbond substituents is 1. The first-order valence-electron chi connectivity index (χ1n) is 4.15. The number of phenols is 1. The van der Waals surface area contributed by atoms with Gasteiger partial charge in [0.1, 0.15) is 17.4 Å². The van der Waals surface area contributed by atoms with Crippen molar-refractivity contribution in [3.05, 3.63) is 28.8 Å². The van der Waals surface area contributed by atoms with Gasteiger partial charge in [-0.1, -0.05) is 0 Å². The fourth-order valence-corrected chi connectivity index (χ4v) is 1.22. The minimum absolute atomic E-state index is 0.510. The Bertz CT molecular complexity index is 466. The summed E-state index contributed by atoms with van der Waals surface area (Å²) in [5, 5.41) is 18.0. The predicted octanol–water partition coefficient (Wildman–Crippen LogP) is 1.99. The number of hydrogen-bond acceptors (Lipinski definition) is 4. The molecule has 1 rings (SSSR count). The number of esters is 1. The summed E-state index contributed by atoms with van der Waals surface area (Å²) in [7, 11) is 1.00. The molecule has 1 aromatic carbocycles. The van der Waals surface area contributed by atoms with E-state index in [0.29, 0.717) is 0 Å². The minimum atomic E-state index is -2.93. The van der Waals surface area contributed by atoms with Crippen molar-refractivity contribution in [2.24, 2.45) is 0 Å². The molecule has 0 saturated heterocycles. The second-order valence-electron chi connectivity index (χ2n) is 2.83. The van der Waals surface area contributed by atoms with E-state index in [-0.39, 0.29) is 0 Å². The molecular weight excluding hydrogens is 220 g/mol. The molecule has 84 valence electrons. The Balaban J connectivity index is 3.55. The number of methoxy groups -OCH3 is 1. The Kier molecular flexibility index (Phi) is 3.40. The van der Waals surface area contributed by atoms with E-state index in [0.717, 1.165) is 19.2 Å². The Morgan fingerprint density at radius 1 is 1.56 bits per heavy atom. The van der Waals surface area contributed by atoms with Gasteiger partial charge in [-0.25, -0.2) is 13.6 Å². The highest BCUT2D eigenvalue weighted by atomic mass is 19.3. The maximum Gasteiger partial charge on any atom is 0.339 e. The van der Waals surface area contributed by atoms with Crippen LogP contribution in [0.25, 0.3) is 0 Å². The monoisotopic (exact) mass is 227 g/mol. The van der Waals surface area contributed by atoms with Crippen molar-refractivity contribution >= 4 is 5.97 Å². The lowest BCUT2D eigenvalue weighted by molar-refractivity contribution is 0.0588. The van der Waals surface area contributed by atoms with E-state index in [1.807, 2.05) is 0 Å². The van der Waals surface area contributed by atoms with Crippen molar-refractivity contribution in [2.45, 2.75) is 6.43 Å². The number of carbonyl (C=O) groups is 1. The van der Waals surface area contributed by atoms with Gasteiger partial charge in [-0.05, 0) is 12.1 Å². The molecule has 6 heteroatoms. The molecule has 0 radical (unpaired) electrons. The number of rotatable bonds is 2. The summed E-state index contributed by atoms with van der Waals surface area (Å²) in [6.45, 7) is 0. The Morgan fingerprint density at radius 3 is 2.62 bits per heavy atom. The van der Waals surface area contributed by atoms with Crippen molar-refractivity contribution in [1.82, 2.24) is 0 Å². The van der Waals surface area contributed by atoms with Gasteiger partial charge in [0.25, 0.3) is 6.43 Å². The number of benzene rings is 1. The lowest BCUT2D eigenvalue weighted by Crippen LogP contribution is -2.09. The van der Waals surface area contributed by atoms with Crippen LogP contribution in [0.4, 0.5) is 8.78 Å². The summed E-state index contributed by atoms with van der Waals surface area (Å²) < 4.78 is 29.4. The fourth-order valence-electron chi connectivity index (χ4n) is 1.22. The summed E-state index contributed by atoms with van der Waals surface area (Å²) in [4.78, 5) is 11.3. The van der Waals surface area contributed by atoms with Crippen molar-refractivity contribution in [2.75, 3.05) is 7.11 Å². The van der Waals surface area contributed by atoms with Crippen LogP contribution in [-0.4, -0.2) is 18.2 Å². The average Bonchev–Trinajstić information content (AvgIpc) is 2.27. The van der Waals surface area contributed by atoms with E-state index < -0.39 is 34.8 Å². The quantitative estimate of drug-likeness (QED) is 0.784. The van der Waals surface area contributed by atoms with Crippen molar-refractivity contribution in [1.29, 1.82) is 5.26 Å². The molecule has 0 aliphatic heterocycles. The summed E-state index contributed by atoms with van der Waals surface area (Å²) in [6, 6.07) is 3.31. The summed E-state index contributed by atoms with van der Waals surface area (Å²) >= 11 is 0. The SMILES string of the molecule is COC(=O)c1c(C(F)F)ccc(O)c1C#N. The zero-order valence-corrected chi connectivity index (χ0v) is 8.20. The van der Waals surface area contributed by atoms with Crippen LogP contribution in [0.15, 0.2) is 12.1 Å². The molecule has 1 N–H and O–H groups in total. The van der Waals surface area contributed by atoms with E-state index >= 15 is 0 Å². The lowest BCUT2D eigenvalue weighted by atomic mass is 10.0. The highest BCUT2D eigenvalue weighted by Crippen LogP contribution is 2.30. The van der Waals surface area contributed by atoms with Crippen molar-refractivity contribution in [3.8, 4) is 11.8 Å². The molecule has 0 heterocycles. The number of alkyl halides is 2. The number of ether oxygens (including phenoxy) is 1. The van der Waals surface area contributed by atoms with Crippen LogP contribution >= 0.6 is 0 Å². The number of hydrogen-bond donors (Lipinski definition) is 1. The Hall–Kier alpha value is -2.16. The van der Waals surface area contributed by atoms with Crippen LogP contribution in [0, 0.1) is 11.3 Å². The van der Waals surface area contributed by atoms with Gasteiger partial charge in [-0.15, -0.1) is 0 Å². The van der Waals surface area contributed by atoms with Crippen LogP contribution in [0.1, 0.15) is 27.9 Å². The van der Waals surface area contributed by atoms with Crippen LogP contribution in [0.5, 0.6) is 5.75 Å². The summed E-state index contributed by atoms with van der Waals surface area (Å²) in [5.74, 6) is -1.62. The van der Waals surface area contributed by atoms with Crippen LogP contribution in [0.3, 0.4) is 0 Å². The van der Waals surface area contributed by atoms with Gasteiger partial charge in [0.2, 0.25) is 0 Å². The topological polar surface area (TPSA) is 70.3 Å². The highest BCUT2D eigenvalue weighted by Gasteiger charge is 2.24. The van der Waals surface area contributed by atoms with Crippen LogP contribution in [-0.2, 0) is 4.74 Å². The van der Waals surface area contributed by atoms with Crippen LogP contribution in [0.2, 0.25) is 0 Å². The number of aromatic hydroxyl groups is 1. The molecule has 0 bridgehead atoms. The Labute approximate surface area is 89.7 Å². The summed E-state index contributed by atoms with van der Waals surface area (Å²) in [6.07, 6.45) is -2.93. The first kappa shape index (κ1) is 11.9. The maximum absolute atomic E-state index is 12.6. The van der Waals surface area contributed by atoms with Crippen LogP contribution < -0.4 is 0 Å². The molecule has 0 aliphatic carbocycles. The van der Waals surface area contributed by atoms with Crippen molar-refractivity contribution in [3.63, 3.8) is 0 Å². The molecule has 4 nitrogen and oxygen atoms in total. The van der Waals surface area contributed by atoms with Gasteiger partial charge in [-0.2, -0.15) is 5.26 Å². The normalized spacial score (nSPS) is 9.94. The number of nitrogens with zero attached hydrogens (tertiary/aromatic N) is 1. The molecule has 0 amide bonds. The standard InChI is InChI=1S/C10H7F2NO3/c1-16-10(15)8-5(9(11)12)2-3-7(14)6(8)4-13/h2-3,9,14H,1H3. The van der Waals surface area contributed by atoms with Gasteiger partial charge in [0, 0.05) is 5.56 Å². The first-order valence-corrected chi connectivity index (χ1v) is 4.15. The number of nitriles is 1. The zero-order chi connectivity index (χ0) is 12.3. The third-order valence-electron chi connectivity index (χ3n) is 1.95. The molecule has 16 heavy (non-hydrogen) atoms. The zero-order valence-electron chi connectivity index (χ0n) is 8.20. The highest BCUT2D eigenvalue weighted by molar-refractivity contribution is 5.94. The third kappa shape index (κ3) is 1.93. The van der Waals surface area contributed by atoms with E-state index in [4.69, 9.17) is 5.26 Å². The van der Waals surface area contributed by atoms with E-state index in [2.05, 4.69) is 4.74 Å². The second kappa shape index (κ2) is 4.57. The molecule has 0 aromatic heterocycles. The second-order valence-corrected chi connectivity index (χ2v) is 2.83. The van der Waals surface area contributed by atoms with E-state index in [9.17, 15) is 18.7 Å². The largest absolute Gasteiger partial charge is 0.507 e. The number of carbonyl (C=O) groups excluding carboxylic acids is 1. The third-order valence-corrected chi connectivity index (χ3v) is 1.95. The molecular formula is C10H7F2NO3. The van der Waals surface area contributed by atoms with E-state index in [1.54, 1.807) is 0 Å². The first-order chi connectivity index (χ1) is 7.52. The summed E-state index contributed by atoms with van der Waals surface area (Å²) in [5.41, 5.74) is -1.74. The molecule has 0 fully saturated rings. The van der Waals surface area contributed by atoms with Gasteiger partial charge < -0.3 is 9.84 Å². The molecule has 0 unspecified atom stereocenters. The molecule has 0 saturated carbocycles. The molecule has 0 atom stereocenters. The Morgan fingerprint density at radius 2 is 2.19 bits per heavy atom. The lowest BCUT2D eigenvalue weighted by Gasteiger charge is -2.09. The van der Waals surface area contributed by atoms with Gasteiger partial charge in [-0.3, -0.25) is 0 Å². The smallest absolute Gasteiger partial charge is 0.339 e. The van der Waals surface area contributed by atoms with E-state index in [1.165, 1.54) is 6.07 Å². The molecule has 0 spiro atoms. The predicted molar refractivity (Wildman–Crippen MR) is 49.1 cm³/mol.